The standard InChI is InChI=1S/C13H22N4OS3/c1-8(2)15-13(10(14)18)6-4-5-9(7-13)20-12-17-16-11(19-3)21-12/h8-9,15H,4-7H2,1-3H3,(H2,14,18). The molecule has 1 aliphatic rings. The van der Waals surface area contributed by atoms with Gasteiger partial charge in [-0.2, -0.15) is 0 Å². The Hall–Kier alpha value is -0.310. The first-order valence-electron chi connectivity index (χ1n) is 7.07. The SMILES string of the molecule is CSc1nnc(SC2CCCC(NC(C)C)(C(N)=O)C2)s1. The van der Waals surface area contributed by atoms with Gasteiger partial charge < -0.3 is 11.1 Å². The Morgan fingerprint density at radius 2 is 2.19 bits per heavy atom. The molecule has 1 amide bonds. The Kier molecular flexibility index (Phi) is 5.93. The summed E-state index contributed by atoms with van der Waals surface area (Å²) in [5.41, 5.74) is 5.12. The van der Waals surface area contributed by atoms with E-state index in [1.807, 2.05) is 6.26 Å². The number of nitrogens with zero attached hydrogens (tertiary/aromatic N) is 2. The molecule has 0 bridgehead atoms. The highest BCUT2D eigenvalue weighted by atomic mass is 32.2. The first-order chi connectivity index (χ1) is 9.95. The van der Waals surface area contributed by atoms with E-state index in [0.29, 0.717) is 5.25 Å². The molecular formula is C13H22N4OS3. The third-order valence-electron chi connectivity index (χ3n) is 3.57. The number of carbonyl (C=O) groups excluding carboxylic acids is 1. The maximum atomic E-state index is 12.0. The molecule has 21 heavy (non-hydrogen) atoms. The van der Waals surface area contributed by atoms with Crippen molar-refractivity contribution in [3.05, 3.63) is 0 Å². The lowest BCUT2D eigenvalue weighted by molar-refractivity contribution is -0.126. The molecule has 5 nitrogen and oxygen atoms in total. The zero-order valence-electron chi connectivity index (χ0n) is 12.6. The van der Waals surface area contributed by atoms with Gasteiger partial charge in [0.15, 0.2) is 8.68 Å². The van der Waals surface area contributed by atoms with Gasteiger partial charge >= 0.3 is 0 Å². The largest absolute Gasteiger partial charge is 0.368 e. The highest BCUT2D eigenvalue weighted by Gasteiger charge is 2.42. The van der Waals surface area contributed by atoms with Gasteiger partial charge in [-0.1, -0.05) is 34.9 Å². The van der Waals surface area contributed by atoms with Crippen LogP contribution in [0.2, 0.25) is 0 Å². The Morgan fingerprint density at radius 3 is 2.76 bits per heavy atom. The second-order valence-electron chi connectivity index (χ2n) is 5.62. The van der Waals surface area contributed by atoms with Gasteiger partial charge in [0.05, 0.1) is 5.54 Å². The quantitative estimate of drug-likeness (QED) is 0.770. The molecule has 2 atom stereocenters. The number of amides is 1. The number of rotatable bonds is 6. The van der Waals surface area contributed by atoms with E-state index >= 15 is 0 Å². The van der Waals surface area contributed by atoms with Crippen LogP contribution >= 0.6 is 34.9 Å². The van der Waals surface area contributed by atoms with E-state index in [1.54, 1.807) is 34.9 Å². The third-order valence-corrected chi connectivity index (χ3v) is 6.82. The van der Waals surface area contributed by atoms with E-state index in [2.05, 4.69) is 29.4 Å². The number of hydrogen-bond acceptors (Lipinski definition) is 7. The lowest BCUT2D eigenvalue weighted by Crippen LogP contribution is -2.60. The Labute approximate surface area is 138 Å². The first kappa shape index (κ1) is 17.1. The third kappa shape index (κ3) is 4.34. The Balaban J connectivity index is 2.06. The molecule has 0 saturated heterocycles. The Morgan fingerprint density at radius 1 is 1.48 bits per heavy atom. The Bertz CT molecular complexity index is 494. The molecule has 0 aromatic carbocycles. The van der Waals surface area contributed by atoms with Crippen LogP contribution in [0.5, 0.6) is 0 Å². The van der Waals surface area contributed by atoms with Crippen molar-refractivity contribution in [3.8, 4) is 0 Å². The predicted molar refractivity (Wildman–Crippen MR) is 90.0 cm³/mol. The van der Waals surface area contributed by atoms with Crippen molar-refractivity contribution < 1.29 is 4.79 Å². The number of hydrogen-bond donors (Lipinski definition) is 2. The van der Waals surface area contributed by atoms with Crippen LogP contribution in [0.25, 0.3) is 0 Å². The van der Waals surface area contributed by atoms with Gasteiger partial charge in [-0.15, -0.1) is 10.2 Å². The van der Waals surface area contributed by atoms with Crippen LogP contribution in [-0.4, -0.2) is 39.2 Å². The highest BCUT2D eigenvalue weighted by molar-refractivity contribution is 8.03. The van der Waals surface area contributed by atoms with Gasteiger partial charge in [0.2, 0.25) is 5.91 Å². The van der Waals surface area contributed by atoms with E-state index < -0.39 is 5.54 Å². The molecule has 1 aromatic heterocycles. The summed E-state index contributed by atoms with van der Waals surface area (Å²) in [6, 6.07) is 0.242. The zero-order chi connectivity index (χ0) is 15.5. The van der Waals surface area contributed by atoms with Gasteiger partial charge in [0.25, 0.3) is 0 Å². The van der Waals surface area contributed by atoms with Crippen LogP contribution in [0.15, 0.2) is 8.68 Å². The minimum Gasteiger partial charge on any atom is -0.368 e. The molecule has 8 heteroatoms. The minimum absolute atomic E-state index is 0.233. The van der Waals surface area contributed by atoms with Crippen LogP contribution in [0, 0.1) is 0 Å². The number of aromatic nitrogens is 2. The lowest BCUT2D eigenvalue weighted by Gasteiger charge is -2.40. The van der Waals surface area contributed by atoms with E-state index in [0.717, 1.165) is 34.4 Å². The van der Waals surface area contributed by atoms with Gasteiger partial charge in [-0.05, 0) is 45.8 Å². The number of carbonyl (C=O) groups is 1. The summed E-state index contributed by atoms with van der Waals surface area (Å²) in [6.45, 7) is 4.11. The van der Waals surface area contributed by atoms with Crippen molar-refractivity contribution >= 4 is 40.8 Å². The van der Waals surface area contributed by atoms with Gasteiger partial charge in [0, 0.05) is 11.3 Å². The van der Waals surface area contributed by atoms with Crippen LogP contribution < -0.4 is 11.1 Å². The van der Waals surface area contributed by atoms with E-state index in [-0.39, 0.29) is 11.9 Å². The predicted octanol–water partition coefficient (Wildman–Crippen LogP) is 2.52. The molecule has 1 fully saturated rings. The van der Waals surface area contributed by atoms with E-state index in [4.69, 9.17) is 5.73 Å². The molecule has 1 heterocycles. The zero-order valence-corrected chi connectivity index (χ0v) is 15.0. The monoisotopic (exact) mass is 346 g/mol. The molecular weight excluding hydrogens is 324 g/mol. The summed E-state index contributed by atoms with van der Waals surface area (Å²) in [5, 5.41) is 12.1. The molecule has 1 aliphatic carbocycles. The summed E-state index contributed by atoms with van der Waals surface area (Å²) in [5.74, 6) is -0.233. The van der Waals surface area contributed by atoms with Crippen molar-refractivity contribution in [2.75, 3.05) is 6.26 Å². The fraction of sp³-hybridized carbons (Fsp3) is 0.769. The number of thioether (sulfide) groups is 2. The van der Waals surface area contributed by atoms with E-state index in [9.17, 15) is 4.79 Å². The van der Waals surface area contributed by atoms with Crippen molar-refractivity contribution in [2.45, 2.75) is 65.0 Å². The topological polar surface area (TPSA) is 80.9 Å². The average molecular weight is 347 g/mol. The molecule has 2 unspecified atom stereocenters. The smallest absolute Gasteiger partial charge is 0.237 e. The van der Waals surface area contributed by atoms with Crippen LogP contribution in [-0.2, 0) is 4.79 Å². The summed E-state index contributed by atoms with van der Waals surface area (Å²) in [7, 11) is 0. The van der Waals surface area contributed by atoms with Crippen LogP contribution in [0.1, 0.15) is 39.5 Å². The summed E-state index contributed by atoms with van der Waals surface area (Å²) >= 11 is 4.96. The maximum absolute atomic E-state index is 12.0. The second-order valence-corrected chi connectivity index (χ2v) is 9.20. The molecule has 2 rings (SSSR count). The lowest BCUT2D eigenvalue weighted by atomic mass is 9.80. The molecule has 118 valence electrons. The number of nitrogens with one attached hydrogen (secondary N) is 1. The summed E-state index contributed by atoms with van der Waals surface area (Å²) in [6.07, 6.45) is 5.69. The number of nitrogens with two attached hydrogens (primary N) is 1. The van der Waals surface area contributed by atoms with Crippen molar-refractivity contribution in [1.29, 1.82) is 0 Å². The van der Waals surface area contributed by atoms with Gasteiger partial charge in [-0.25, -0.2) is 0 Å². The van der Waals surface area contributed by atoms with Gasteiger partial charge in [-0.3, -0.25) is 4.79 Å². The summed E-state index contributed by atoms with van der Waals surface area (Å²) < 4.78 is 1.96. The molecule has 0 aliphatic heterocycles. The molecule has 0 radical (unpaired) electrons. The van der Waals surface area contributed by atoms with Crippen molar-refractivity contribution in [3.63, 3.8) is 0 Å². The normalized spacial score (nSPS) is 26.2. The van der Waals surface area contributed by atoms with Gasteiger partial charge in [0.1, 0.15) is 0 Å². The molecule has 1 aromatic rings. The molecule has 3 N–H and O–H groups in total. The second kappa shape index (κ2) is 7.30. The van der Waals surface area contributed by atoms with E-state index in [1.165, 1.54) is 0 Å². The number of primary amides is 1. The summed E-state index contributed by atoms with van der Waals surface area (Å²) in [4.78, 5) is 12.0. The van der Waals surface area contributed by atoms with Crippen molar-refractivity contribution in [2.24, 2.45) is 5.73 Å². The molecule has 0 spiro atoms. The maximum Gasteiger partial charge on any atom is 0.237 e. The molecule has 1 saturated carbocycles. The fourth-order valence-corrected chi connectivity index (χ4v) is 5.80. The van der Waals surface area contributed by atoms with Crippen LogP contribution in [0.3, 0.4) is 0 Å². The fourth-order valence-electron chi connectivity index (χ4n) is 2.77. The van der Waals surface area contributed by atoms with Crippen LogP contribution in [0.4, 0.5) is 0 Å². The van der Waals surface area contributed by atoms with Crippen molar-refractivity contribution in [1.82, 2.24) is 15.5 Å². The highest BCUT2D eigenvalue weighted by Crippen LogP contribution is 2.40. The minimum atomic E-state index is -0.572. The first-order valence-corrected chi connectivity index (χ1v) is 9.99. The average Bonchev–Trinajstić information content (AvgIpc) is 2.85.